The zero-order chi connectivity index (χ0) is 14.7. The average Bonchev–Trinajstić information content (AvgIpc) is 2.79. The van der Waals surface area contributed by atoms with Crippen LogP contribution < -0.4 is 0 Å². The molecule has 8 heteroatoms. The fourth-order valence-corrected chi connectivity index (χ4v) is 4.57. The van der Waals surface area contributed by atoms with Gasteiger partial charge < -0.3 is 5.11 Å². The number of fused-ring (bicyclic) bond motifs is 1. The topological polar surface area (TPSA) is 103 Å². The van der Waals surface area contributed by atoms with Gasteiger partial charge in [0.2, 0.25) is 0 Å². The highest BCUT2D eigenvalue weighted by Crippen LogP contribution is 2.41. The first-order chi connectivity index (χ1) is 9.60. The van der Waals surface area contributed by atoms with Gasteiger partial charge in [-0.15, -0.1) is 23.1 Å². The molecule has 1 aromatic rings. The van der Waals surface area contributed by atoms with E-state index in [-0.39, 0.29) is 10.7 Å². The molecular formula is C12H13N3O3S2. The summed E-state index contributed by atoms with van der Waals surface area (Å²) in [6, 6.07) is -0.704. The zero-order valence-corrected chi connectivity index (χ0v) is 12.5. The molecule has 1 aliphatic rings. The Morgan fingerprint density at radius 2 is 2.40 bits per heavy atom. The molecule has 1 heterocycles. The first kappa shape index (κ1) is 14.9. The van der Waals surface area contributed by atoms with Crippen LogP contribution in [-0.4, -0.2) is 28.7 Å². The summed E-state index contributed by atoms with van der Waals surface area (Å²) in [4.78, 5) is 26.6. The quantitative estimate of drug-likeness (QED) is 0.387. The van der Waals surface area contributed by atoms with Crippen molar-refractivity contribution in [2.24, 2.45) is 5.11 Å². The molecular weight excluding hydrogens is 298 g/mol. The summed E-state index contributed by atoms with van der Waals surface area (Å²) in [5, 5.41) is 12.8. The lowest BCUT2D eigenvalue weighted by atomic mass is 9.89. The number of azide groups is 1. The first-order valence-electron chi connectivity index (χ1n) is 6.20. The van der Waals surface area contributed by atoms with Crippen molar-refractivity contribution in [1.29, 1.82) is 0 Å². The van der Waals surface area contributed by atoms with Crippen LogP contribution in [0.3, 0.4) is 0 Å². The van der Waals surface area contributed by atoms with Gasteiger partial charge in [0.1, 0.15) is 10.9 Å². The van der Waals surface area contributed by atoms with E-state index in [1.54, 1.807) is 0 Å². The molecule has 0 amide bonds. The number of hydrogen-bond acceptors (Lipinski definition) is 5. The van der Waals surface area contributed by atoms with Gasteiger partial charge in [0.05, 0.1) is 4.21 Å². The number of Topliss-reactive ketones (excluding diaryl/α,β-unsaturated/α-hetero) is 1. The van der Waals surface area contributed by atoms with Gasteiger partial charge >= 0.3 is 5.97 Å². The number of thioether (sulfide) groups is 1. The molecule has 0 saturated carbocycles. The van der Waals surface area contributed by atoms with Crippen molar-refractivity contribution < 1.29 is 14.7 Å². The maximum absolute atomic E-state index is 12.4. The highest BCUT2D eigenvalue weighted by molar-refractivity contribution is 8.01. The summed E-state index contributed by atoms with van der Waals surface area (Å²) in [5.41, 5.74) is 9.57. The molecule has 1 N–H and O–H groups in total. The van der Waals surface area contributed by atoms with E-state index in [4.69, 9.17) is 5.53 Å². The highest BCUT2D eigenvalue weighted by atomic mass is 32.2. The van der Waals surface area contributed by atoms with Crippen LogP contribution in [-0.2, 0) is 6.42 Å². The Hall–Kier alpha value is -1.50. The minimum absolute atomic E-state index is 0.242. The molecule has 6 nitrogen and oxygen atoms in total. The second kappa shape index (κ2) is 6.30. The van der Waals surface area contributed by atoms with E-state index in [1.165, 1.54) is 11.8 Å². The van der Waals surface area contributed by atoms with E-state index in [0.29, 0.717) is 24.0 Å². The van der Waals surface area contributed by atoms with Crippen molar-refractivity contribution in [2.75, 3.05) is 5.75 Å². The second-order valence-electron chi connectivity index (χ2n) is 4.35. The maximum Gasteiger partial charge on any atom is 0.346 e. The molecule has 1 aliphatic carbocycles. The number of hydrogen-bond donors (Lipinski definition) is 1. The van der Waals surface area contributed by atoms with Crippen LogP contribution in [0.5, 0.6) is 0 Å². The van der Waals surface area contributed by atoms with Crippen molar-refractivity contribution in [2.45, 2.75) is 36.4 Å². The molecule has 0 spiro atoms. The second-order valence-corrected chi connectivity index (χ2v) is 6.73. The Morgan fingerprint density at radius 1 is 1.65 bits per heavy atom. The van der Waals surface area contributed by atoms with Crippen LogP contribution in [0.4, 0.5) is 0 Å². The normalized spacial score (nSPS) is 17.4. The molecule has 0 radical (unpaired) electrons. The largest absolute Gasteiger partial charge is 0.477 e. The minimum Gasteiger partial charge on any atom is -0.477 e. The smallest absolute Gasteiger partial charge is 0.346 e. The Balaban J connectivity index is 2.48. The number of ketones is 1. The van der Waals surface area contributed by atoms with E-state index in [0.717, 1.165) is 27.7 Å². The standard InChI is InChI=1S/C12H13N3O3S2/c1-2-5-19-12-8-6(10(20-12)11(17)18)3-4-7(9(8)16)14-15-13/h7H,2-5H2,1H3,(H,17,18). The van der Waals surface area contributed by atoms with E-state index in [1.807, 2.05) is 6.92 Å². The lowest BCUT2D eigenvalue weighted by Crippen LogP contribution is -2.25. The van der Waals surface area contributed by atoms with Gasteiger partial charge in [-0.05, 0) is 36.1 Å². The summed E-state index contributed by atoms with van der Waals surface area (Å²) < 4.78 is 0.738. The van der Waals surface area contributed by atoms with Crippen molar-refractivity contribution in [3.8, 4) is 0 Å². The third kappa shape index (κ3) is 2.67. The van der Waals surface area contributed by atoms with Crippen LogP contribution in [0.15, 0.2) is 9.32 Å². The van der Waals surface area contributed by atoms with Crippen molar-refractivity contribution >= 4 is 34.9 Å². The summed E-state index contributed by atoms with van der Waals surface area (Å²) in [7, 11) is 0. The Labute approximate surface area is 123 Å². The van der Waals surface area contributed by atoms with E-state index in [2.05, 4.69) is 10.0 Å². The first-order valence-corrected chi connectivity index (χ1v) is 8.00. The number of thiophene rings is 1. The van der Waals surface area contributed by atoms with Crippen molar-refractivity contribution in [3.05, 3.63) is 26.4 Å². The molecule has 20 heavy (non-hydrogen) atoms. The predicted molar refractivity (Wildman–Crippen MR) is 77.9 cm³/mol. The summed E-state index contributed by atoms with van der Waals surface area (Å²) in [5.74, 6) is -0.415. The fourth-order valence-electron chi connectivity index (χ4n) is 2.15. The Kier molecular flexibility index (Phi) is 4.69. The summed E-state index contributed by atoms with van der Waals surface area (Å²) in [6.45, 7) is 2.02. The number of carboxylic acids is 1. The Morgan fingerprint density at radius 3 is 3.00 bits per heavy atom. The third-order valence-corrected chi connectivity index (χ3v) is 5.71. The van der Waals surface area contributed by atoms with Gasteiger partial charge in [-0.25, -0.2) is 4.79 Å². The number of nitrogens with zero attached hydrogens (tertiary/aromatic N) is 3. The molecule has 0 aromatic carbocycles. The molecule has 0 saturated heterocycles. The lowest BCUT2D eigenvalue weighted by molar-refractivity contribution is 0.0701. The number of carbonyl (C=O) groups is 2. The third-order valence-electron chi connectivity index (χ3n) is 3.01. The van der Waals surface area contributed by atoms with Gasteiger partial charge in [0.15, 0.2) is 5.78 Å². The van der Waals surface area contributed by atoms with Gasteiger partial charge in [0.25, 0.3) is 0 Å². The van der Waals surface area contributed by atoms with Crippen LogP contribution in [0.25, 0.3) is 10.4 Å². The Bertz CT molecular complexity index is 605. The van der Waals surface area contributed by atoms with Crippen molar-refractivity contribution in [3.63, 3.8) is 0 Å². The maximum atomic E-state index is 12.4. The van der Waals surface area contributed by atoms with Crippen molar-refractivity contribution in [1.82, 2.24) is 0 Å². The lowest BCUT2D eigenvalue weighted by Gasteiger charge is -2.18. The van der Waals surface area contributed by atoms with Gasteiger partial charge in [-0.2, -0.15) is 0 Å². The van der Waals surface area contributed by atoms with Gasteiger partial charge in [-0.1, -0.05) is 12.0 Å². The molecule has 0 fully saturated rings. The fraction of sp³-hybridized carbons (Fsp3) is 0.500. The summed E-state index contributed by atoms with van der Waals surface area (Å²) >= 11 is 2.65. The van der Waals surface area contributed by atoms with Crippen LogP contribution in [0, 0.1) is 0 Å². The molecule has 0 bridgehead atoms. The predicted octanol–water partition coefficient (Wildman–Crippen LogP) is 3.76. The molecule has 0 aliphatic heterocycles. The van der Waals surface area contributed by atoms with Crippen LogP contribution >= 0.6 is 23.1 Å². The van der Waals surface area contributed by atoms with Crippen LogP contribution in [0.1, 0.15) is 45.4 Å². The average molecular weight is 311 g/mol. The summed E-state index contributed by atoms with van der Waals surface area (Å²) in [6.07, 6.45) is 1.79. The van der Waals surface area contributed by atoms with Gasteiger partial charge in [0, 0.05) is 10.5 Å². The minimum atomic E-state index is -0.996. The molecule has 2 rings (SSSR count). The van der Waals surface area contributed by atoms with Gasteiger partial charge in [-0.3, -0.25) is 4.79 Å². The highest BCUT2D eigenvalue weighted by Gasteiger charge is 2.34. The molecule has 106 valence electrons. The van der Waals surface area contributed by atoms with E-state index >= 15 is 0 Å². The molecule has 1 aromatic heterocycles. The number of carbonyl (C=O) groups excluding carboxylic acids is 1. The monoisotopic (exact) mass is 311 g/mol. The number of carboxylic acid groups (broad SMARTS) is 1. The van der Waals surface area contributed by atoms with E-state index in [9.17, 15) is 14.7 Å². The SMILES string of the molecule is CCCSc1sc(C(=O)O)c2c1C(=O)C(N=[N+]=[N-])CC2. The molecule has 1 unspecified atom stereocenters. The van der Waals surface area contributed by atoms with E-state index < -0.39 is 12.0 Å². The molecule has 1 atom stereocenters. The number of rotatable bonds is 5. The zero-order valence-electron chi connectivity index (χ0n) is 10.8. The van der Waals surface area contributed by atoms with Crippen LogP contribution in [0.2, 0.25) is 0 Å². The number of aromatic carboxylic acids is 1.